The standard InChI is InChI=1S/C53H48N4/c1-7-53(5,6)39-24-20-37(21-25-39)51-46-31-29-43(56-46)49(35-16-12-9-13-17-35)41-27-26-40(54-41)48(34-14-10-8-11-15-34)42-28-30-44(55-42)50(45-32-33-47(51)57-45)36-18-22-38(23-19-36)52(2,3)4/h8-33,54,57H,7H2,1-6H3. The smallest absolute Gasteiger partial charge is 0.0737 e. The van der Waals surface area contributed by atoms with Crippen molar-refractivity contribution in [3.8, 4) is 44.5 Å². The van der Waals surface area contributed by atoms with Gasteiger partial charge in [0.15, 0.2) is 0 Å². The first-order valence-corrected chi connectivity index (χ1v) is 20.1. The molecule has 0 atom stereocenters. The van der Waals surface area contributed by atoms with Crippen LogP contribution in [0.5, 0.6) is 0 Å². The van der Waals surface area contributed by atoms with Gasteiger partial charge in [0.1, 0.15) is 0 Å². The molecular weight excluding hydrogens is 693 g/mol. The molecule has 0 unspecified atom stereocenters. The molecule has 0 radical (unpaired) electrons. The molecule has 4 nitrogen and oxygen atoms in total. The molecule has 0 saturated heterocycles. The van der Waals surface area contributed by atoms with Crippen LogP contribution in [-0.4, -0.2) is 19.9 Å². The van der Waals surface area contributed by atoms with E-state index >= 15 is 0 Å². The summed E-state index contributed by atoms with van der Waals surface area (Å²) in [5, 5.41) is 0. The van der Waals surface area contributed by atoms with Gasteiger partial charge in [0, 0.05) is 44.3 Å². The van der Waals surface area contributed by atoms with Crippen LogP contribution in [0.15, 0.2) is 133 Å². The number of fused-ring (bicyclic) bond motifs is 8. The van der Waals surface area contributed by atoms with E-state index in [1.54, 1.807) is 0 Å². The third kappa shape index (κ3) is 6.76. The van der Waals surface area contributed by atoms with Gasteiger partial charge in [0.2, 0.25) is 0 Å². The summed E-state index contributed by atoms with van der Waals surface area (Å²) in [7, 11) is 0. The van der Waals surface area contributed by atoms with Crippen molar-refractivity contribution in [2.45, 2.75) is 58.8 Å². The number of rotatable bonds is 6. The molecule has 7 aromatic rings. The lowest BCUT2D eigenvalue weighted by Gasteiger charge is -2.23. The largest absolute Gasteiger partial charge is 0.354 e. The van der Waals surface area contributed by atoms with Crippen LogP contribution in [0.3, 0.4) is 0 Å². The fraction of sp³-hybridized carbons (Fsp3) is 0.170. The number of nitrogens with zero attached hydrogens (tertiary/aromatic N) is 2. The highest BCUT2D eigenvalue weighted by Crippen LogP contribution is 2.39. The Kier molecular flexibility index (Phi) is 9.01. The van der Waals surface area contributed by atoms with E-state index in [1.165, 1.54) is 11.1 Å². The number of hydrogen-bond donors (Lipinski definition) is 2. The van der Waals surface area contributed by atoms with Gasteiger partial charge < -0.3 is 9.97 Å². The van der Waals surface area contributed by atoms with E-state index in [-0.39, 0.29) is 10.8 Å². The average molecular weight is 741 g/mol. The highest BCUT2D eigenvalue weighted by atomic mass is 14.8. The average Bonchev–Trinajstić information content (AvgIpc) is 4.07. The minimum atomic E-state index is 0.0401. The third-order valence-corrected chi connectivity index (χ3v) is 11.8. The van der Waals surface area contributed by atoms with E-state index in [4.69, 9.17) is 9.97 Å². The fourth-order valence-corrected chi connectivity index (χ4v) is 8.06. The van der Waals surface area contributed by atoms with Crippen molar-refractivity contribution >= 4 is 46.4 Å². The van der Waals surface area contributed by atoms with Crippen LogP contribution >= 0.6 is 0 Å². The summed E-state index contributed by atoms with van der Waals surface area (Å²) in [6, 6.07) is 48.0. The molecule has 4 heteroatoms. The Bertz CT molecular complexity index is 2840. The van der Waals surface area contributed by atoms with E-state index in [2.05, 4.69) is 209 Å². The van der Waals surface area contributed by atoms with Crippen LogP contribution in [-0.2, 0) is 10.8 Å². The van der Waals surface area contributed by atoms with Gasteiger partial charge in [-0.3, -0.25) is 0 Å². The van der Waals surface area contributed by atoms with Gasteiger partial charge in [-0.2, -0.15) is 0 Å². The van der Waals surface area contributed by atoms with E-state index < -0.39 is 0 Å². The number of aromatic amines is 2. The lowest BCUT2D eigenvalue weighted by Crippen LogP contribution is -2.14. The molecule has 0 amide bonds. The van der Waals surface area contributed by atoms with Crippen molar-refractivity contribution < 1.29 is 0 Å². The van der Waals surface area contributed by atoms with Crippen LogP contribution in [0.4, 0.5) is 0 Å². The summed E-state index contributed by atoms with van der Waals surface area (Å²) in [4.78, 5) is 18.7. The predicted octanol–water partition coefficient (Wildman–Crippen LogP) is 14.3. The van der Waals surface area contributed by atoms with Crippen molar-refractivity contribution in [1.29, 1.82) is 0 Å². The second kappa shape index (κ2) is 14.2. The molecule has 57 heavy (non-hydrogen) atoms. The molecule has 5 heterocycles. The summed E-state index contributed by atoms with van der Waals surface area (Å²) in [5.41, 5.74) is 19.0. The number of aromatic nitrogens is 4. The number of benzene rings is 4. The Balaban J connectivity index is 1.42. The Morgan fingerprint density at radius 1 is 0.386 bits per heavy atom. The Morgan fingerprint density at radius 2 is 0.702 bits per heavy atom. The monoisotopic (exact) mass is 740 g/mol. The molecule has 9 rings (SSSR count). The highest BCUT2D eigenvalue weighted by Gasteiger charge is 2.21. The minimum Gasteiger partial charge on any atom is -0.354 e. The zero-order valence-corrected chi connectivity index (χ0v) is 33.6. The van der Waals surface area contributed by atoms with Crippen LogP contribution in [0.2, 0.25) is 0 Å². The second-order valence-electron chi connectivity index (χ2n) is 16.9. The quantitative estimate of drug-likeness (QED) is 0.178. The predicted molar refractivity (Wildman–Crippen MR) is 243 cm³/mol. The van der Waals surface area contributed by atoms with Crippen molar-refractivity contribution in [3.63, 3.8) is 0 Å². The molecular formula is C53H48N4. The summed E-state index contributed by atoms with van der Waals surface area (Å²) < 4.78 is 0. The normalized spacial score (nSPS) is 12.7. The SMILES string of the molecule is CCC(C)(C)c1ccc(-c2c3nc(c(-c4ccccc4)c4ccc([nH]4)c(-c4ccccc4)c4nc(c(-c5ccc(C(C)(C)C)cc5)c5ccc2[nH]5)C=C4)C=C3)cc1. The van der Waals surface area contributed by atoms with Gasteiger partial charge >= 0.3 is 0 Å². The summed E-state index contributed by atoms with van der Waals surface area (Å²) >= 11 is 0. The Morgan fingerprint density at radius 3 is 1.02 bits per heavy atom. The molecule has 2 N–H and O–H groups in total. The first kappa shape index (κ1) is 36.1. The number of nitrogens with one attached hydrogen (secondary N) is 2. The van der Waals surface area contributed by atoms with Gasteiger partial charge in [0.25, 0.3) is 0 Å². The maximum atomic E-state index is 5.47. The number of hydrogen-bond acceptors (Lipinski definition) is 2. The van der Waals surface area contributed by atoms with E-state index in [9.17, 15) is 0 Å². The molecule has 4 aromatic carbocycles. The number of H-pyrrole nitrogens is 2. The van der Waals surface area contributed by atoms with Crippen LogP contribution in [0.25, 0.3) is 90.9 Å². The molecule has 8 bridgehead atoms. The molecule has 0 spiro atoms. The van der Waals surface area contributed by atoms with Crippen LogP contribution in [0.1, 0.15) is 81.9 Å². The molecule has 280 valence electrons. The summed E-state index contributed by atoms with van der Waals surface area (Å²) in [6.07, 6.45) is 9.72. The molecule has 0 aliphatic carbocycles. The highest BCUT2D eigenvalue weighted by molar-refractivity contribution is 5.99. The molecule has 2 aliphatic heterocycles. The molecule has 0 fully saturated rings. The topological polar surface area (TPSA) is 57.4 Å². The van der Waals surface area contributed by atoms with Gasteiger partial charge in [-0.05, 0) is 99.2 Å². The van der Waals surface area contributed by atoms with Gasteiger partial charge in [-0.15, -0.1) is 0 Å². The summed E-state index contributed by atoms with van der Waals surface area (Å²) in [5.74, 6) is 0. The van der Waals surface area contributed by atoms with E-state index in [0.717, 1.165) is 95.8 Å². The van der Waals surface area contributed by atoms with Crippen molar-refractivity contribution in [2.75, 3.05) is 0 Å². The molecule has 3 aromatic heterocycles. The minimum absolute atomic E-state index is 0.0401. The van der Waals surface area contributed by atoms with Crippen LogP contribution < -0.4 is 0 Å². The van der Waals surface area contributed by atoms with Crippen molar-refractivity contribution in [2.24, 2.45) is 0 Å². The molecule has 0 saturated carbocycles. The van der Waals surface area contributed by atoms with E-state index in [1.807, 2.05) is 0 Å². The molecule has 2 aliphatic rings. The van der Waals surface area contributed by atoms with Gasteiger partial charge in [-0.1, -0.05) is 151 Å². The first-order valence-electron chi connectivity index (χ1n) is 20.1. The zero-order valence-electron chi connectivity index (χ0n) is 33.6. The Hall–Kier alpha value is -6.52. The Labute approximate surface area is 335 Å². The summed E-state index contributed by atoms with van der Waals surface area (Å²) in [6.45, 7) is 13.6. The lowest BCUT2D eigenvalue weighted by molar-refractivity contribution is 0.506. The second-order valence-corrected chi connectivity index (χ2v) is 16.9. The van der Waals surface area contributed by atoms with Crippen molar-refractivity contribution in [3.05, 3.63) is 167 Å². The van der Waals surface area contributed by atoms with Gasteiger partial charge in [-0.25, -0.2) is 9.97 Å². The van der Waals surface area contributed by atoms with Crippen LogP contribution in [0, 0.1) is 0 Å². The first-order chi connectivity index (χ1) is 27.6. The van der Waals surface area contributed by atoms with Crippen molar-refractivity contribution in [1.82, 2.24) is 19.9 Å². The fourth-order valence-electron chi connectivity index (χ4n) is 8.06. The van der Waals surface area contributed by atoms with E-state index in [0.29, 0.717) is 0 Å². The third-order valence-electron chi connectivity index (χ3n) is 11.8. The lowest BCUT2D eigenvalue weighted by atomic mass is 9.82. The maximum Gasteiger partial charge on any atom is 0.0737 e. The maximum absolute atomic E-state index is 5.47. The zero-order chi connectivity index (χ0) is 39.3. The van der Waals surface area contributed by atoms with Gasteiger partial charge in [0.05, 0.1) is 22.8 Å².